The molecule has 4 heteroatoms. The van der Waals surface area contributed by atoms with E-state index in [1.54, 1.807) is 0 Å². The monoisotopic (exact) mass is 237 g/mol. The van der Waals surface area contributed by atoms with Gasteiger partial charge in [-0.15, -0.1) is 12.4 Å². The zero-order valence-electron chi connectivity index (χ0n) is 9.29. The predicted molar refractivity (Wildman–Crippen MR) is 67.4 cm³/mol. The lowest BCUT2D eigenvalue weighted by Gasteiger charge is -2.13. The van der Waals surface area contributed by atoms with Gasteiger partial charge < -0.3 is 11.1 Å². The van der Waals surface area contributed by atoms with Crippen LogP contribution in [-0.4, -0.2) is 7.05 Å². The minimum absolute atomic E-state index is 0. The van der Waals surface area contributed by atoms with Crippen LogP contribution in [0.3, 0.4) is 0 Å². The molecule has 1 aromatic carbocycles. The number of nitriles is 1. The third-order valence-electron chi connectivity index (χ3n) is 2.98. The van der Waals surface area contributed by atoms with E-state index in [-0.39, 0.29) is 17.8 Å². The predicted octanol–water partition coefficient (Wildman–Crippen LogP) is 1.97. The number of hydrogen-bond donors (Lipinski definition) is 2. The van der Waals surface area contributed by atoms with Crippen LogP contribution in [0.4, 0.5) is 5.69 Å². The minimum atomic E-state index is -0.222. The SMILES string of the molecule is CNCc1cc(N)ccc1C1(C#N)CC1.Cl. The summed E-state index contributed by atoms with van der Waals surface area (Å²) in [6.45, 7) is 0.768. The Morgan fingerprint density at radius 3 is 2.69 bits per heavy atom. The number of hydrogen-bond acceptors (Lipinski definition) is 3. The molecule has 1 saturated carbocycles. The van der Waals surface area contributed by atoms with Gasteiger partial charge in [-0.05, 0) is 43.1 Å². The van der Waals surface area contributed by atoms with Crippen LogP contribution in [0, 0.1) is 11.3 Å². The highest BCUT2D eigenvalue weighted by molar-refractivity contribution is 5.85. The summed E-state index contributed by atoms with van der Waals surface area (Å²) < 4.78 is 0. The van der Waals surface area contributed by atoms with Crippen molar-refractivity contribution in [3.63, 3.8) is 0 Å². The van der Waals surface area contributed by atoms with E-state index in [1.807, 2.05) is 25.2 Å². The van der Waals surface area contributed by atoms with Gasteiger partial charge in [0.2, 0.25) is 0 Å². The fourth-order valence-corrected chi connectivity index (χ4v) is 1.98. The van der Waals surface area contributed by atoms with Gasteiger partial charge in [-0.1, -0.05) is 6.07 Å². The van der Waals surface area contributed by atoms with Crippen molar-refractivity contribution < 1.29 is 0 Å². The van der Waals surface area contributed by atoms with Crippen molar-refractivity contribution in [3.8, 4) is 6.07 Å². The number of nitrogens with one attached hydrogen (secondary N) is 1. The lowest BCUT2D eigenvalue weighted by molar-refractivity contribution is 0.784. The van der Waals surface area contributed by atoms with Crippen molar-refractivity contribution in [3.05, 3.63) is 29.3 Å². The molecule has 86 valence electrons. The van der Waals surface area contributed by atoms with E-state index in [4.69, 9.17) is 5.73 Å². The Bertz CT molecular complexity index is 419. The Hall–Kier alpha value is -1.24. The highest BCUT2D eigenvalue weighted by Gasteiger charge is 2.45. The molecule has 1 aliphatic carbocycles. The van der Waals surface area contributed by atoms with Gasteiger partial charge in [0.05, 0.1) is 11.5 Å². The smallest absolute Gasteiger partial charge is 0.0826 e. The lowest BCUT2D eigenvalue weighted by atomic mass is 9.92. The summed E-state index contributed by atoms with van der Waals surface area (Å²) >= 11 is 0. The molecule has 3 N–H and O–H groups in total. The first kappa shape index (κ1) is 12.8. The molecular weight excluding hydrogens is 222 g/mol. The molecule has 0 heterocycles. The number of nitrogen functional groups attached to an aromatic ring is 1. The average molecular weight is 238 g/mol. The Balaban J connectivity index is 0.00000128. The highest BCUT2D eigenvalue weighted by atomic mass is 35.5. The molecule has 0 radical (unpaired) electrons. The maximum Gasteiger partial charge on any atom is 0.0826 e. The number of nitrogens with two attached hydrogens (primary N) is 1. The normalized spacial score (nSPS) is 16.0. The zero-order valence-corrected chi connectivity index (χ0v) is 10.1. The molecule has 0 aliphatic heterocycles. The third kappa shape index (κ3) is 2.13. The average Bonchev–Trinajstić information content (AvgIpc) is 2.99. The van der Waals surface area contributed by atoms with Gasteiger partial charge in [0.15, 0.2) is 0 Å². The van der Waals surface area contributed by atoms with Crippen LogP contribution >= 0.6 is 12.4 Å². The molecule has 0 amide bonds. The molecule has 0 atom stereocenters. The second kappa shape index (κ2) is 4.73. The Kier molecular flexibility index (Phi) is 3.79. The fourth-order valence-electron chi connectivity index (χ4n) is 1.98. The van der Waals surface area contributed by atoms with E-state index in [1.165, 1.54) is 0 Å². The quantitative estimate of drug-likeness (QED) is 0.791. The standard InChI is InChI=1S/C12H15N3.ClH/c1-15-7-9-6-10(14)2-3-11(9)12(8-13)4-5-12;/h2-3,6,15H,4-5,7,14H2,1H3;1H. The summed E-state index contributed by atoms with van der Waals surface area (Å²) in [7, 11) is 1.90. The van der Waals surface area contributed by atoms with Gasteiger partial charge in [-0.2, -0.15) is 5.26 Å². The van der Waals surface area contributed by atoms with Gasteiger partial charge in [-0.3, -0.25) is 0 Å². The molecule has 0 spiro atoms. The first-order valence-electron chi connectivity index (χ1n) is 5.16. The molecule has 1 fully saturated rings. The lowest BCUT2D eigenvalue weighted by Crippen LogP contribution is -2.13. The number of anilines is 1. The molecule has 3 nitrogen and oxygen atoms in total. The number of nitrogens with zero attached hydrogens (tertiary/aromatic N) is 1. The van der Waals surface area contributed by atoms with Crippen LogP contribution in [-0.2, 0) is 12.0 Å². The zero-order chi connectivity index (χ0) is 10.9. The molecule has 1 aliphatic rings. The maximum atomic E-state index is 9.17. The van der Waals surface area contributed by atoms with E-state index in [0.717, 1.165) is 36.2 Å². The van der Waals surface area contributed by atoms with Gasteiger partial charge in [0.1, 0.15) is 0 Å². The van der Waals surface area contributed by atoms with Crippen LogP contribution < -0.4 is 11.1 Å². The van der Waals surface area contributed by atoms with Crippen molar-refractivity contribution in [1.29, 1.82) is 5.26 Å². The number of rotatable bonds is 3. The highest BCUT2D eigenvalue weighted by Crippen LogP contribution is 2.48. The van der Waals surface area contributed by atoms with Crippen molar-refractivity contribution >= 4 is 18.1 Å². The van der Waals surface area contributed by atoms with Gasteiger partial charge >= 0.3 is 0 Å². The van der Waals surface area contributed by atoms with E-state index in [0.29, 0.717) is 0 Å². The fraction of sp³-hybridized carbons (Fsp3) is 0.417. The minimum Gasteiger partial charge on any atom is -0.399 e. The summed E-state index contributed by atoms with van der Waals surface area (Å²) in [5.74, 6) is 0. The van der Waals surface area contributed by atoms with Crippen LogP contribution in [0.5, 0.6) is 0 Å². The van der Waals surface area contributed by atoms with Crippen LogP contribution in [0.25, 0.3) is 0 Å². The summed E-state index contributed by atoms with van der Waals surface area (Å²) in [5.41, 5.74) is 8.59. The summed E-state index contributed by atoms with van der Waals surface area (Å²) in [4.78, 5) is 0. The maximum absolute atomic E-state index is 9.17. The number of halogens is 1. The van der Waals surface area contributed by atoms with Crippen molar-refractivity contribution in [2.75, 3.05) is 12.8 Å². The van der Waals surface area contributed by atoms with E-state index >= 15 is 0 Å². The van der Waals surface area contributed by atoms with Gasteiger partial charge in [0.25, 0.3) is 0 Å². The van der Waals surface area contributed by atoms with Gasteiger partial charge in [0, 0.05) is 12.2 Å². The Morgan fingerprint density at radius 2 is 2.19 bits per heavy atom. The largest absolute Gasteiger partial charge is 0.399 e. The van der Waals surface area contributed by atoms with Crippen LogP contribution in [0.1, 0.15) is 24.0 Å². The second-order valence-electron chi connectivity index (χ2n) is 4.14. The Labute approximate surface area is 102 Å². The molecule has 0 bridgehead atoms. The van der Waals surface area contributed by atoms with E-state index < -0.39 is 0 Å². The summed E-state index contributed by atoms with van der Waals surface area (Å²) in [5, 5.41) is 12.3. The van der Waals surface area contributed by atoms with Crippen molar-refractivity contribution in [1.82, 2.24) is 5.32 Å². The van der Waals surface area contributed by atoms with Crippen molar-refractivity contribution in [2.24, 2.45) is 0 Å². The molecule has 0 unspecified atom stereocenters. The molecule has 0 aromatic heterocycles. The van der Waals surface area contributed by atoms with E-state index in [2.05, 4.69) is 11.4 Å². The number of benzene rings is 1. The molecule has 0 saturated heterocycles. The van der Waals surface area contributed by atoms with Gasteiger partial charge in [-0.25, -0.2) is 0 Å². The first-order chi connectivity index (χ1) is 7.22. The van der Waals surface area contributed by atoms with E-state index in [9.17, 15) is 5.26 Å². The molecule has 2 rings (SSSR count). The Morgan fingerprint density at radius 1 is 1.50 bits per heavy atom. The van der Waals surface area contributed by atoms with Crippen molar-refractivity contribution in [2.45, 2.75) is 24.8 Å². The summed E-state index contributed by atoms with van der Waals surface area (Å²) in [6, 6.07) is 8.26. The molecule has 16 heavy (non-hydrogen) atoms. The third-order valence-corrected chi connectivity index (χ3v) is 2.98. The first-order valence-corrected chi connectivity index (χ1v) is 5.16. The second-order valence-corrected chi connectivity index (χ2v) is 4.14. The molecular formula is C12H16ClN3. The van der Waals surface area contributed by atoms with Crippen LogP contribution in [0.2, 0.25) is 0 Å². The van der Waals surface area contributed by atoms with Crippen LogP contribution in [0.15, 0.2) is 18.2 Å². The topological polar surface area (TPSA) is 61.8 Å². The molecule has 1 aromatic rings. The summed E-state index contributed by atoms with van der Waals surface area (Å²) in [6.07, 6.45) is 1.95.